The van der Waals surface area contributed by atoms with Gasteiger partial charge in [0.2, 0.25) is 0 Å². The van der Waals surface area contributed by atoms with Crippen molar-refractivity contribution < 1.29 is 22.7 Å². The maximum absolute atomic E-state index is 12.6. The molecule has 0 aromatic heterocycles. The van der Waals surface area contributed by atoms with E-state index in [0.29, 0.717) is 11.3 Å². The Morgan fingerprint density at radius 2 is 2.05 bits per heavy atom. The molecule has 108 valence electrons. The average Bonchev–Trinajstić information content (AvgIpc) is 2.37. The molecule has 1 aromatic carbocycles. The summed E-state index contributed by atoms with van der Waals surface area (Å²) in [5.74, 6) is -0.575. The fourth-order valence-electron chi connectivity index (χ4n) is 2.12. The molecule has 0 atom stereocenters. The minimum absolute atomic E-state index is 0.192. The molecule has 0 amide bonds. The van der Waals surface area contributed by atoms with Gasteiger partial charge in [0.05, 0.1) is 12.2 Å². The van der Waals surface area contributed by atoms with Gasteiger partial charge in [-0.1, -0.05) is 18.2 Å². The van der Waals surface area contributed by atoms with Crippen LogP contribution in [0.15, 0.2) is 36.0 Å². The summed E-state index contributed by atoms with van der Waals surface area (Å²) in [6.07, 6.45) is -2.84. The second-order valence-electron chi connectivity index (χ2n) is 4.42. The number of benzene rings is 1. The van der Waals surface area contributed by atoms with Crippen molar-refractivity contribution in [3.63, 3.8) is 0 Å². The third kappa shape index (κ3) is 3.31. The number of hydrogen-bond donors (Lipinski definition) is 0. The molecule has 0 saturated carbocycles. The molecule has 2 rings (SSSR count). The van der Waals surface area contributed by atoms with Crippen LogP contribution in [-0.2, 0) is 16.0 Å². The lowest BCUT2D eigenvalue weighted by molar-refractivity contribution is -0.138. The molecular formula is C14H14F3NO2. The summed E-state index contributed by atoms with van der Waals surface area (Å²) in [5, 5.41) is 0. The maximum Gasteiger partial charge on any atom is 0.406 e. The number of nitrogens with zero attached hydrogens (tertiary/aromatic N) is 1. The summed E-state index contributed by atoms with van der Waals surface area (Å²) in [6.45, 7) is 0.715. The molecule has 0 unspecified atom stereocenters. The number of carbonyl (C=O) groups is 1. The molecule has 1 aromatic rings. The topological polar surface area (TPSA) is 29.5 Å². The van der Waals surface area contributed by atoms with Crippen LogP contribution in [-0.4, -0.2) is 25.3 Å². The minimum Gasteiger partial charge on any atom is -0.463 e. The molecule has 0 fully saturated rings. The van der Waals surface area contributed by atoms with Crippen molar-refractivity contribution in [1.29, 1.82) is 0 Å². The number of fused-ring (bicyclic) bond motifs is 1. The Morgan fingerprint density at radius 3 is 2.70 bits per heavy atom. The van der Waals surface area contributed by atoms with E-state index in [1.165, 1.54) is 6.20 Å². The predicted molar refractivity (Wildman–Crippen MR) is 68.3 cm³/mol. The molecule has 20 heavy (non-hydrogen) atoms. The fraction of sp³-hybridized carbons (Fsp3) is 0.357. The average molecular weight is 285 g/mol. The lowest BCUT2D eigenvalue weighted by atomic mass is 9.99. The van der Waals surface area contributed by atoms with Crippen molar-refractivity contribution in [2.45, 2.75) is 19.5 Å². The van der Waals surface area contributed by atoms with Gasteiger partial charge in [-0.05, 0) is 18.6 Å². The number of anilines is 1. The summed E-state index contributed by atoms with van der Waals surface area (Å²) in [4.78, 5) is 12.8. The third-order valence-electron chi connectivity index (χ3n) is 2.88. The second-order valence-corrected chi connectivity index (χ2v) is 4.42. The van der Waals surface area contributed by atoms with Crippen LogP contribution in [0, 0.1) is 0 Å². The number of para-hydroxylation sites is 1. The van der Waals surface area contributed by atoms with Crippen LogP contribution in [0.2, 0.25) is 0 Å². The highest BCUT2D eigenvalue weighted by Gasteiger charge is 2.33. The van der Waals surface area contributed by atoms with Crippen LogP contribution in [0.3, 0.4) is 0 Å². The zero-order valence-corrected chi connectivity index (χ0v) is 10.9. The lowest BCUT2D eigenvalue weighted by Crippen LogP contribution is -2.34. The van der Waals surface area contributed by atoms with Crippen molar-refractivity contribution >= 4 is 11.7 Å². The number of ether oxygens (including phenoxy) is 1. The van der Waals surface area contributed by atoms with Crippen LogP contribution in [0.4, 0.5) is 18.9 Å². The Kier molecular flexibility index (Phi) is 4.01. The van der Waals surface area contributed by atoms with Gasteiger partial charge in [0.15, 0.2) is 0 Å². The molecule has 0 bridgehead atoms. The van der Waals surface area contributed by atoms with Gasteiger partial charge in [-0.15, -0.1) is 0 Å². The smallest absolute Gasteiger partial charge is 0.406 e. The summed E-state index contributed by atoms with van der Waals surface area (Å²) < 4.78 is 42.7. The molecule has 0 radical (unpaired) electrons. The van der Waals surface area contributed by atoms with E-state index in [2.05, 4.69) is 0 Å². The lowest BCUT2D eigenvalue weighted by Gasteiger charge is -2.29. The molecule has 1 aliphatic rings. The second kappa shape index (κ2) is 5.56. The van der Waals surface area contributed by atoms with Gasteiger partial charge in [-0.25, -0.2) is 4.79 Å². The highest BCUT2D eigenvalue weighted by Crippen LogP contribution is 2.31. The van der Waals surface area contributed by atoms with E-state index in [4.69, 9.17) is 4.74 Å². The summed E-state index contributed by atoms with van der Waals surface area (Å²) >= 11 is 0. The Balaban J connectivity index is 2.33. The minimum atomic E-state index is -4.35. The Hall–Kier alpha value is -1.98. The number of halogens is 3. The van der Waals surface area contributed by atoms with Crippen molar-refractivity contribution in [1.82, 2.24) is 0 Å². The Bertz CT molecular complexity index is 537. The van der Waals surface area contributed by atoms with Gasteiger partial charge < -0.3 is 9.64 Å². The number of esters is 1. The molecule has 0 N–H and O–H groups in total. The molecular weight excluding hydrogens is 271 g/mol. The van der Waals surface area contributed by atoms with E-state index >= 15 is 0 Å². The van der Waals surface area contributed by atoms with Crippen molar-refractivity contribution in [2.24, 2.45) is 0 Å². The summed E-state index contributed by atoms with van der Waals surface area (Å²) in [6, 6.07) is 6.73. The molecule has 0 aliphatic carbocycles. The first-order chi connectivity index (χ1) is 9.40. The zero-order valence-electron chi connectivity index (χ0n) is 10.9. The van der Waals surface area contributed by atoms with Crippen LogP contribution in [0.1, 0.15) is 12.5 Å². The number of carbonyl (C=O) groups excluding carboxylic acids is 1. The predicted octanol–water partition coefficient (Wildman–Crippen LogP) is 3.06. The standard InChI is InChI=1S/C14H14F3NO2/c1-2-20-13(19)11-7-10-5-3-4-6-12(10)18(8-11)9-14(15,16)17/h3-6,8H,2,7,9H2,1H3. The van der Waals surface area contributed by atoms with Crippen molar-refractivity contribution in [3.8, 4) is 0 Å². The van der Waals surface area contributed by atoms with Crippen LogP contribution < -0.4 is 4.90 Å². The molecule has 0 spiro atoms. The number of alkyl halides is 3. The van der Waals surface area contributed by atoms with Gasteiger partial charge in [0.1, 0.15) is 6.54 Å². The van der Waals surface area contributed by atoms with Crippen LogP contribution in [0.5, 0.6) is 0 Å². The largest absolute Gasteiger partial charge is 0.463 e. The van der Waals surface area contributed by atoms with E-state index in [1.807, 2.05) is 0 Å². The summed E-state index contributed by atoms with van der Waals surface area (Å²) in [5.41, 5.74) is 1.38. The van der Waals surface area contributed by atoms with E-state index in [9.17, 15) is 18.0 Å². The Morgan fingerprint density at radius 1 is 1.35 bits per heavy atom. The highest BCUT2D eigenvalue weighted by molar-refractivity contribution is 5.91. The first kappa shape index (κ1) is 14.4. The molecule has 0 saturated heterocycles. The maximum atomic E-state index is 12.6. The fourth-order valence-corrected chi connectivity index (χ4v) is 2.12. The van der Waals surface area contributed by atoms with Gasteiger partial charge >= 0.3 is 12.1 Å². The van der Waals surface area contributed by atoms with Crippen molar-refractivity contribution in [3.05, 3.63) is 41.6 Å². The first-order valence-electron chi connectivity index (χ1n) is 6.20. The van der Waals surface area contributed by atoms with Crippen LogP contribution >= 0.6 is 0 Å². The number of rotatable bonds is 3. The van der Waals surface area contributed by atoms with Crippen LogP contribution in [0.25, 0.3) is 0 Å². The third-order valence-corrected chi connectivity index (χ3v) is 2.88. The SMILES string of the molecule is CCOC(=O)C1=CN(CC(F)(F)F)c2ccccc2C1. The molecule has 1 aliphatic heterocycles. The Labute approximate surface area is 114 Å². The first-order valence-corrected chi connectivity index (χ1v) is 6.20. The van der Waals surface area contributed by atoms with E-state index in [0.717, 1.165) is 4.90 Å². The monoisotopic (exact) mass is 285 g/mol. The van der Waals surface area contributed by atoms with Gasteiger partial charge in [0.25, 0.3) is 0 Å². The van der Waals surface area contributed by atoms with E-state index in [-0.39, 0.29) is 18.6 Å². The van der Waals surface area contributed by atoms with Crippen molar-refractivity contribution in [2.75, 3.05) is 18.1 Å². The normalized spacial score (nSPS) is 14.6. The van der Waals surface area contributed by atoms with E-state index in [1.54, 1.807) is 31.2 Å². The zero-order chi connectivity index (χ0) is 14.8. The highest BCUT2D eigenvalue weighted by atomic mass is 19.4. The molecule has 1 heterocycles. The molecule has 6 heteroatoms. The quantitative estimate of drug-likeness (QED) is 0.799. The number of hydrogen-bond acceptors (Lipinski definition) is 3. The summed E-state index contributed by atoms with van der Waals surface area (Å²) in [7, 11) is 0. The van der Waals surface area contributed by atoms with Gasteiger partial charge in [-0.3, -0.25) is 0 Å². The van der Waals surface area contributed by atoms with Gasteiger partial charge in [0, 0.05) is 18.3 Å². The van der Waals surface area contributed by atoms with Gasteiger partial charge in [-0.2, -0.15) is 13.2 Å². The van der Waals surface area contributed by atoms with E-state index < -0.39 is 18.7 Å². The molecule has 3 nitrogen and oxygen atoms in total.